The van der Waals surface area contributed by atoms with E-state index in [4.69, 9.17) is 9.79 Å². The van der Waals surface area contributed by atoms with Crippen molar-refractivity contribution in [3.63, 3.8) is 0 Å². The molecule has 3 N–H and O–H groups in total. The van der Waals surface area contributed by atoms with Gasteiger partial charge in [-0.1, -0.05) is 6.58 Å². The zero-order valence-electron chi connectivity index (χ0n) is 8.93. The Morgan fingerprint density at radius 1 is 1.47 bits per heavy atom. The van der Waals surface area contributed by atoms with Gasteiger partial charge in [-0.25, -0.2) is 0 Å². The molecule has 0 aromatic heterocycles. The Morgan fingerprint density at radius 2 is 2.00 bits per heavy atom. The van der Waals surface area contributed by atoms with Gasteiger partial charge in [0, 0.05) is 6.54 Å². The highest BCUT2D eigenvalue weighted by molar-refractivity contribution is 7.58. The number of nitrogens with one attached hydrogen (secondary N) is 1. The maximum absolute atomic E-state index is 11.1. The van der Waals surface area contributed by atoms with Gasteiger partial charge in [0.1, 0.15) is 5.31 Å². The van der Waals surface area contributed by atoms with E-state index in [1.807, 2.05) is 19.0 Å². The van der Waals surface area contributed by atoms with E-state index in [1.54, 1.807) is 0 Å². The summed E-state index contributed by atoms with van der Waals surface area (Å²) in [6.45, 7) is 4.22. The molecule has 0 heterocycles. The topological polar surface area (TPSA) is 89.9 Å². The van der Waals surface area contributed by atoms with Crippen molar-refractivity contribution in [1.29, 1.82) is 0 Å². The molecule has 7 heteroatoms. The third-order valence-electron chi connectivity index (χ3n) is 1.68. The summed E-state index contributed by atoms with van der Waals surface area (Å²) in [5, 5.41) is 1.70. The van der Waals surface area contributed by atoms with Gasteiger partial charge in [0.25, 0.3) is 5.91 Å². The summed E-state index contributed by atoms with van der Waals surface area (Å²) in [6, 6.07) is 0. The number of nitrogens with zero attached hydrogens (tertiary/aromatic N) is 1. The fourth-order valence-electron chi connectivity index (χ4n) is 0.832. The van der Waals surface area contributed by atoms with Crippen LogP contribution in [0.15, 0.2) is 11.9 Å². The van der Waals surface area contributed by atoms with Gasteiger partial charge < -0.3 is 20.0 Å². The van der Waals surface area contributed by atoms with E-state index in [0.717, 1.165) is 6.54 Å². The Morgan fingerprint density at radius 3 is 2.40 bits per heavy atom. The molecule has 0 aliphatic carbocycles. The number of hydrogen-bond acceptors (Lipinski definition) is 3. The van der Waals surface area contributed by atoms with E-state index in [2.05, 4.69) is 11.9 Å². The molecule has 0 rings (SSSR count). The first-order chi connectivity index (χ1) is 6.75. The molecule has 6 nitrogen and oxygen atoms in total. The smallest absolute Gasteiger partial charge is 0.352 e. The summed E-state index contributed by atoms with van der Waals surface area (Å²) < 4.78 is 10.6. The van der Waals surface area contributed by atoms with Crippen molar-refractivity contribution >= 4 is 13.5 Å². The highest BCUT2D eigenvalue weighted by atomic mass is 31.2. The molecule has 0 unspecified atom stereocenters. The lowest BCUT2D eigenvalue weighted by atomic mass is 10.4. The number of hydrogen-bond donors (Lipinski definition) is 3. The summed E-state index contributed by atoms with van der Waals surface area (Å²) >= 11 is 0. The van der Waals surface area contributed by atoms with Crippen molar-refractivity contribution in [3.05, 3.63) is 11.9 Å². The molecule has 88 valence electrons. The second-order valence-corrected chi connectivity index (χ2v) is 5.03. The fourth-order valence-corrected chi connectivity index (χ4v) is 1.18. The maximum Gasteiger partial charge on any atom is 0.361 e. The molecule has 0 radical (unpaired) electrons. The lowest BCUT2D eigenvalue weighted by Crippen LogP contribution is -2.28. The summed E-state index contributed by atoms with van der Waals surface area (Å²) in [7, 11) is -0.699. The van der Waals surface area contributed by atoms with Crippen LogP contribution in [0.2, 0.25) is 0 Å². The van der Waals surface area contributed by atoms with E-state index in [9.17, 15) is 9.36 Å². The zero-order valence-corrected chi connectivity index (χ0v) is 9.83. The molecular weight excluding hydrogens is 219 g/mol. The highest BCUT2D eigenvalue weighted by Crippen LogP contribution is 2.43. The molecule has 0 aromatic carbocycles. The molecule has 0 spiro atoms. The van der Waals surface area contributed by atoms with Crippen molar-refractivity contribution < 1.29 is 19.1 Å². The molecule has 1 amide bonds. The quantitative estimate of drug-likeness (QED) is 0.336. The molecule has 0 aliphatic rings. The number of carbonyl (C=O) groups excluding carboxylic acids is 1. The molecule has 0 aromatic rings. The monoisotopic (exact) mass is 236 g/mol. The minimum atomic E-state index is -4.50. The number of carbonyl (C=O) groups is 1. The van der Waals surface area contributed by atoms with Gasteiger partial charge in [0.05, 0.1) is 0 Å². The van der Waals surface area contributed by atoms with Crippen LogP contribution in [0.25, 0.3) is 0 Å². The number of amides is 1. The minimum Gasteiger partial charge on any atom is -0.352 e. The third kappa shape index (κ3) is 6.41. The molecule has 0 aliphatic heterocycles. The molecule has 0 atom stereocenters. The third-order valence-corrected chi connectivity index (χ3v) is 2.59. The molecule has 0 saturated carbocycles. The van der Waals surface area contributed by atoms with Gasteiger partial charge in [0.15, 0.2) is 0 Å². The van der Waals surface area contributed by atoms with E-state index in [0.29, 0.717) is 13.0 Å². The van der Waals surface area contributed by atoms with Crippen LogP contribution >= 0.6 is 7.60 Å². The zero-order chi connectivity index (χ0) is 12.1. The lowest BCUT2D eigenvalue weighted by molar-refractivity contribution is -0.116. The summed E-state index contributed by atoms with van der Waals surface area (Å²) in [4.78, 5) is 30.4. The average Bonchev–Trinajstić information content (AvgIpc) is 2.09. The SMILES string of the molecule is C=C(C(=O)NCCCN(C)C)P(=O)(O)O. The van der Waals surface area contributed by atoms with Crippen LogP contribution in [0.1, 0.15) is 6.42 Å². The molecule has 15 heavy (non-hydrogen) atoms. The highest BCUT2D eigenvalue weighted by Gasteiger charge is 2.24. The summed E-state index contributed by atoms with van der Waals surface area (Å²) in [6.07, 6.45) is 0.715. The Hall–Kier alpha value is -0.680. The Kier molecular flexibility index (Phi) is 5.75. The van der Waals surface area contributed by atoms with Crippen LogP contribution < -0.4 is 5.32 Å². The van der Waals surface area contributed by atoms with Crippen molar-refractivity contribution in [2.45, 2.75) is 6.42 Å². The second kappa shape index (κ2) is 6.02. The van der Waals surface area contributed by atoms with Gasteiger partial charge in [-0.2, -0.15) is 0 Å². The van der Waals surface area contributed by atoms with Crippen molar-refractivity contribution in [3.8, 4) is 0 Å². The molecule has 0 bridgehead atoms. The first-order valence-electron chi connectivity index (χ1n) is 4.43. The Bertz CT molecular complexity index is 284. The molecule has 0 fully saturated rings. The van der Waals surface area contributed by atoms with Crippen LogP contribution in [-0.4, -0.2) is 47.8 Å². The summed E-state index contributed by atoms with van der Waals surface area (Å²) in [5.74, 6) is -0.790. The average molecular weight is 236 g/mol. The van der Waals surface area contributed by atoms with Crippen molar-refractivity contribution in [2.75, 3.05) is 27.2 Å². The van der Waals surface area contributed by atoms with E-state index in [-0.39, 0.29) is 0 Å². The Labute approximate surface area is 89.1 Å². The van der Waals surface area contributed by atoms with Crippen molar-refractivity contribution in [2.24, 2.45) is 0 Å². The van der Waals surface area contributed by atoms with Crippen LogP contribution in [0, 0.1) is 0 Å². The van der Waals surface area contributed by atoms with Crippen LogP contribution in [-0.2, 0) is 9.36 Å². The van der Waals surface area contributed by atoms with Gasteiger partial charge in [-0.05, 0) is 27.1 Å². The lowest BCUT2D eigenvalue weighted by Gasteiger charge is -2.11. The molecule has 0 saturated heterocycles. The van der Waals surface area contributed by atoms with Gasteiger partial charge in [-0.3, -0.25) is 9.36 Å². The van der Waals surface area contributed by atoms with E-state index in [1.165, 1.54) is 0 Å². The first-order valence-corrected chi connectivity index (χ1v) is 6.04. The van der Waals surface area contributed by atoms with Gasteiger partial charge in [0.2, 0.25) is 0 Å². The van der Waals surface area contributed by atoms with E-state index >= 15 is 0 Å². The van der Waals surface area contributed by atoms with Crippen LogP contribution in [0.3, 0.4) is 0 Å². The number of rotatable bonds is 6. The minimum absolute atomic E-state index is 0.371. The van der Waals surface area contributed by atoms with E-state index < -0.39 is 18.8 Å². The first kappa shape index (κ1) is 14.3. The van der Waals surface area contributed by atoms with Gasteiger partial charge in [-0.15, -0.1) is 0 Å². The van der Waals surface area contributed by atoms with Crippen LogP contribution in [0.4, 0.5) is 0 Å². The normalized spacial score (nSPS) is 11.5. The van der Waals surface area contributed by atoms with Crippen LogP contribution in [0.5, 0.6) is 0 Å². The summed E-state index contributed by atoms with van der Waals surface area (Å²) in [5.41, 5.74) is 0. The molecular formula is C8H17N2O4P. The van der Waals surface area contributed by atoms with Crippen molar-refractivity contribution in [1.82, 2.24) is 10.2 Å². The fraction of sp³-hybridized carbons (Fsp3) is 0.625. The predicted molar refractivity (Wildman–Crippen MR) is 57.4 cm³/mol. The maximum atomic E-state index is 11.1. The second-order valence-electron chi connectivity index (χ2n) is 3.40. The standard InChI is InChI=1S/C8H17N2O4P/c1-7(15(12,13)14)8(11)9-5-4-6-10(2)3/h1,4-6H2,2-3H3,(H,9,11)(H2,12,13,14). The predicted octanol–water partition coefficient (Wildman–Crippen LogP) is -0.254. The Balaban J connectivity index is 3.86. The van der Waals surface area contributed by atoms with Gasteiger partial charge >= 0.3 is 7.60 Å². The largest absolute Gasteiger partial charge is 0.361 e.